The van der Waals surface area contributed by atoms with Gasteiger partial charge in [0.2, 0.25) is 21.8 Å². The average Bonchev–Trinajstić information content (AvgIpc) is 2.95. The standard InChI is InChI=1S/C30H40F3N3O5S/c1-4-27(29(38)34-24-11-6-5-7-12-24)35(21-22-15-17-26(41-2)18-16-22)28(37)14-9-19-36(42(3,39)40)25-13-8-10-23(20-25)30(31,32)33/h8,10,13,15-18,20,24,27H,4-7,9,11-12,14,19,21H2,1-3H3,(H,34,38)/t27-/m1/s1. The average molecular weight is 612 g/mol. The van der Waals surface area contributed by atoms with Crippen LogP contribution in [0.5, 0.6) is 5.75 Å². The summed E-state index contributed by atoms with van der Waals surface area (Å²) in [6.45, 7) is 1.79. The third-order valence-electron chi connectivity index (χ3n) is 7.46. The zero-order chi connectivity index (χ0) is 30.9. The van der Waals surface area contributed by atoms with Gasteiger partial charge in [0.25, 0.3) is 0 Å². The molecule has 0 radical (unpaired) electrons. The van der Waals surface area contributed by atoms with Gasteiger partial charge < -0.3 is 15.0 Å². The number of amides is 2. The Morgan fingerprint density at radius 3 is 2.31 bits per heavy atom. The topological polar surface area (TPSA) is 96.0 Å². The second-order valence-electron chi connectivity index (χ2n) is 10.6. The monoisotopic (exact) mass is 611 g/mol. The van der Waals surface area contributed by atoms with Crippen LogP contribution in [0.15, 0.2) is 48.5 Å². The van der Waals surface area contributed by atoms with Crippen LogP contribution in [0.1, 0.15) is 69.4 Å². The maximum Gasteiger partial charge on any atom is 0.416 e. The van der Waals surface area contributed by atoms with E-state index < -0.39 is 27.8 Å². The summed E-state index contributed by atoms with van der Waals surface area (Å²) in [5.74, 6) is 0.0658. The molecular weight excluding hydrogens is 571 g/mol. The number of methoxy groups -OCH3 is 1. The van der Waals surface area contributed by atoms with E-state index in [0.29, 0.717) is 12.2 Å². The van der Waals surface area contributed by atoms with Gasteiger partial charge in [-0.05, 0) is 61.6 Å². The number of nitrogens with zero attached hydrogens (tertiary/aromatic N) is 2. The molecule has 2 aromatic rings. The van der Waals surface area contributed by atoms with Crippen molar-refractivity contribution in [1.82, 2.24) is 10.2 Å². The number of carbonyl (C=O) groups is 2. The number of ether oxygens (including phenoxy) is 1. The second-order valence-corrected chi connectivity index (χ2v) is 12.5. The molecule has 1 aliphatic rings. The summed E-state index contributed by atoms with van der Waals surface area (Å²) in [6.07, 6.45) is 1.60. The van der Waals surface area contributed by atoms with E-state index in [9.17, 15) is 31.2 Å². The van der Waals surface area contributed by atoms with Crippen molar-refractivity contribution < 1.29 is 35.9 Å². The minimum absolute atomic E-state index is 0.0436. The number of sulfonamides is 1. The van der Waals surface area contributed by atoms with Gasteiger partial charge >= 0.3 is 6.18 Å². The van der Waals surface area contributed by atoms with Crippen molar-refractivity contribution in [3.8, 4) is 5.75 Å². The Bertz CT molecular complexity index is 1300. The van der Waals surface area contributed by atoms with Crippen LogP contribution in [0, 0.1) is 0 Å². The van der Waals surface area contributed by atoms with Crippen molar-refractivity contribution in [1.29, 1.82) is 0 Å². The molecule has 0 aliphatic heterocycles. The van der Waals surface area contributed by atoms with Crippen molar-refractivity contribution >= 4 is 27.5 Å². The highest BCUT2D eigenvalue weighted by Gasteiger charge is 2.32. The van der Waals surface area contributed by atoms with Crippen LogP contribution >= 0.6 is 0 Å². The zero-order valence-electron chi connectivity index (χ0n) is 24.3. The van der Waals surface area contributed by atoms with Crippen LogP contribution in [-0.4, -0.2) is 57.1 Å². The lowest BCUT2D eigenvalue weighted by atomic mass is 9.95. The molecule has 1 N–H and O–H groups in total. The number of hydrogen-bond acceptors (Lipinski definition) is 5. The Morgan fingerprint density at radius 1 is 1.07 bits per heavy atom. The lowest BCUT2D eigenvalue weighted by Gasteiger charge is -2.33. The van der Waals surface area contributed by atoms with E-state index in [0.717, 1.165) is 66.4 Å². The van der Waals surface area contributed by atoms with E-state index >= 15 is 0 Å². The molecule has 1 atom stereocenters. The number of nitrogens with one attached hydrogen (secondary N) is 1. The van der Waals surface area contributed by atoms with Gasteiger partial charge in [-0.1, -0.05) is 44.4 Å². The van der Waals surface area contributed by atoms with Gasteiger partial charge in [0, 0.05) is 25.6 Å². The molecular formula is C30H40F3N3O5S. The molecule has 1 aliphatic carbocycles. The molecule has 2 aromatic carbocycles. The summed E-state index contributed by atoms with van der Waals surface area (Å²) >= 11 is 0. The number of rotatable bonds is 13. The van der Waals surface area contributed by atoms with E-state index in [2.05, 4.69) is 5.32 Å². The van der Waals surface area contributed by atoms with Crippen LogP contribution in [0.25, 0.3) is 0 Å². The largest absolute Gasteiger partial charge is 0.497 e. The van der Waals surface area contributed by atoms with Gasteiger partial charge in [0.15, 0.2) is 0 Å². The fourth-order valence-electron chi connectivity index (χ4n) is 5.23. The molecule has 0 unspecified atom stereocenters. The molecule has 0 aromatic heterocycles. The molecule has 0 bridgehead atoms. The van der Waals surface area contributed by atoms with E-state index in [1.165, 1.54) is 11.0 Å². The number of alkyl halides is 3. The van der Waals surface area contributed by atoms with Crippen LogP contribution in [-0.2, 0) is 32.3 Å². The zero-order valence-corrected chi connectivity index (χ0v) is 25.1. The molecule has 232 valence electrons. The number of anilines is 1. The SMILES string of the molecule is CC[C@H](C(=O)NC1CCCCC1)N(Cc1ccc(OC)cc1)C(=O)CCCN(c1cccc(C(F)(F)F)c1)S(C)(=O)=O. The number of benzene rings is 2. The molecule has 8 nitrogen and oxygen atoms in total. The molecule has 0 saturated heterocycles. The Kier molecular flexibility index (Phi) is 11.7. The van der Waals surface area contributed by atoms with Gasteiger partial charge in [-0.15, -0.1) is 0 Å². The first kappa shape index (κ1) is 33.2. The first-order valence-electron chi connectivity index (χ1n) is 14.2. The highest BCUT2D eigenvalue weighted by molar-refractivity contribution is 7.92. The molecule has 2 amide bonds. The maximum atomic E-state index is 13.6. The predicted molar refractivity (Wildman–Crippen MR) is 156 cm³/mol. The van der Waals surface area contributed by atoms with Crippen LogP contribution in [0.4, 0.5) is 18.9 Å². The fraction of sp³-hybridized carbons (Fsp3) is 0.533. The Labute approximate surface area is 246 Å². The fourth-order valence-corrected chi connectivity index (χ4v) is 6.19. The number of hydrogen-bond donors (Lipinski definition) is 1. The lowest BCUT2D eigenvalue weighted by Crippen LogP contribution is -2.51. The van der Waals surface area contributed by atoms with Gasteiger partial charge in [-0.3, -0.25) is 13.9 Å². The predicted octanol–water partition coefficient (Wildman–Crippen LogP) is 5.52. The molecule has 0 heterocycles. The lowest BCUT2D eigenvalue weighted by molar-refractivity contribution is -0.141. The summed E-state index contributed by atoms with van der Waals surface area (Å²) in [6, 6.07) is 10.6. The molecule has 1 saturated carbocycles. The van der Waals surface area contributed by atoms with Crippen LogP contribution in [0.3, 0.4) is 0 Å². The van der Waals surface area contributed by atoms with Gasteiger partial charge in [-0.25, -0.2) is 8.42 Å². The van der Waals surface area contributed by atoms with Crippen LogP contribution in [0.2, 0.25) is 0 Å². The van der Waals surface area contributed by atoms with E-state index in [4.69, 9.17) is 4.74 Å². The minimum Gasteiger partial charge on any atom is -0.497 e. The van der Waals surface area contributed by atoms with Crippen LogP contribution < -0.4 is 14.4 Å². The Balaban J connectivity index is 1.78. The number of halogens is 3. The third-order valence-corrected chi connectivity index (χ3v) is 8.66. The van der Waals surface area contributed by atoms with E-state index in [1.54, 1.807) is 19.2 Å². The highest BCUT2D eigenvalue weighted by atomic mass is 32.2. The van der Waals surface area contributed by atoms with Gasteiger partial charge in [0.1, 0.15) is 11.8 Å². The normalized spacial score (nSPS) is 15.1. The quantitative estimate of drug-likeness (QED) is 0.322. The third kappa shape index (κ3) is 9.37. The maximum absolute atomic E-state index is 13.6. The molecule has 42 heavy (non-hydrogen) atoms. The molecule has 0 spiro atoms. The molecule has 12 heteroatoms. The van der Waals surface area contributed by atoms with Crippen molar-refractivity contribution in [3.63, 3.8) is 0 Å². The van der Waals surface area contributed by atoms with Gasteiger partial charge in [0.05, 0.1) is 24.6 Å². The first-order chi connectivity index (χ1) is 19.8. The molecule has 3 rings (SSSR count). The second kappa shape index (κ2) is 14.8. The van der Waals surface area contributed by atoms with Crippen molar-refractivity contribution in [2.24, 2.45) is 0 Å². The van der Waals surface area contributed by atoms with Crippen molar-refractivity contribution in [2.75, 3.05) is 24.2 Å². The Morgan fingerprint density at radius 2 is 1.74 bits per heavy atom. The summed E-state index contributed by atoms with van der Waals surface area (Å²) in [4.78, 5) is 28.5. The van der Waals surface area contributed by atoms with Gasteiger partial charge in [-0.2, -0.15) is 13.2 Å². The summed E-state index contributed by atoms with van der Waals surface area (Å²) in [7, 11) is -2.39. The number of carbonyl (C=O) groups excluding carboxylic acids is 2. The summed E-state index contributed by atoms with van der Waals surface area (Å²) in [5, 5.41) is 3.11. The summed E-state index contributed by atoms with van der Waals surface area (Å²) < 4.78 is 70.9. The highest BCUT2D eigenvalue weighted by Crippen LogP contribution is 2.32. The first-order valence-corrected chi connectivity index (χ1v) is 16.1. The van der Waals surface area contributed by atoms with E-state index in [1.807, 2.05) is 19.1 Å². The summed E-state index contributed by atoms with van der Waals surface area (Å²) in [5.41, 5.74) is -0.312. The van der Waals surface area contributed by atoms with E-state index in [-0.39, 0.29) is 49.5 Å². The smallest absolute Gasteiger partial charge is 0.416 e. The minimum atomic E-state index is -4.63. The van der Waals surface area contributed by atoms with Crippen molar-refractivity contribution in [2.45, 2.75) is 83.1 Å². The Hall–Kier alpha value is -3.28. The molecule has 1 fully saturated rings. The van der Waals surface area contributed by atoms with Crippen molar-refractivity contribution in [3.05, 3.63) is 59.7 Å².